The standard InChI is InChI=1S/C27H24N4O3S/c1-3-18-9-11-20(12-10-18)31-25(19-13-15-28-16-14-19)29-30-27(31)35-17-22-21-7-5-6-8-23(21)34-24(22)26(32)33-4-2/h5-16H,3-4,17H2,1-2H3. The summed E-state index contributed by atoms with van der Waals surface area (Å²) in [4.78, 5) is 16.7. The number of fused-ring (bicyclic) bond motifs is 1. The van der Waals surface area contributed by atoms with Gasteiger partial charge < -0.3 is 9.15 Å². The highest BCUT2D eigenvalue weighted by molar-refractivity contribution is 7.98. The van der Waals surface area contributed by atoms with Crippen LogP contribution in [0.1, 0.15) is 35.5 Å². The summed E-state index contributed by atoms with van der Waals surface area (Å²) in [5.41, 5.74) is 4.57. The van der Waals surface area contributed by atoms with Gasteiger partial charge in [-0.2, -0.15) is 0 Å². The summed E-state index contributed by atoms with van der Waals surface area (Å²) in [6.07, 6.45) is 4.45. The molecule has 0 aliphatic heterocycles. The Hall–Kier alpha value is -3.91. The van der Waals surface area contributed by atoms with Gasteiger partial charge in [0.2, 0.25) is 5.76 Å². The van der Waals surface area contributed by atoms with Crippen molar-refractivity contribution in [1.29, 1.82) is 0 Å². The lowest BCUT2D eigenvalue weighted by atomic mass is 10.1. The Bertz CT molecular complexity index is 1460. The van der Waals surface area contributed by atoms with Gasteiger partial charge >= 0.3 is 5.97 Å². The van der Waals surface area contributed by atoms with Crippen LogP contribution in [0.15, 0.2) is 82.6 Å². The molecular formula is C27H24N4O3S. The lowest BCUT2D eigenvalue weighted by Gasteiger charge is -2.11. The van der Waals surface area contributed by atoms with E-state index < -0.39 is 5.97 Å². The van der Waals surface area contributed by atoms with Gasteiger partial charge in [0.1, 0.15) is 5.58 Å². The Balaban J connectivity index is 1.55. The second-order valence-corrected chi connectivity index (χ2v) is 8.76. The zero-order valence-electron chi connectivity index (χ0n) is 19.5. The van der Waals surface area contributed by atoms with Crippen LogP contribution < -0.4 is 0 Å². The van der Waals surface area contributed by atoms with Crippen LogP contribution >= 0.6 is 11.8 Å². The number of hydrogen-bond donors (Lipinski definition) is 0. The average molecular weight is 485 g/mol. The third kappa shape index (κ3) is 4.57. The number of esters is 1. The van der Waals surface area contributed by atoms with Crippen molar-refractivity contribution in [1.82, 2.24) is 19.7 Å². The molecular weight excluding hydrogens is 460 g/mol. The topological polar surface area (TPSA) is 83.0 Å². The Morgan fingerprint density at radius 2 is 1.77 bits per heavy atom. The molecule has 3 aromatic heterocycles. The number of ether oxygens (including phenoxy) is 1. The summed E-state index contributed by atoms with van der Waals surface area (Å²) in [5.74, 6) is 0.954. The maximum absolute atomic E-state index is 12.6. The fourth-order valence-electron chi connectivity index (χ4n) is 3.91. The largest absolute Gasteiger partial charge is 0.460 e. The minimum absolute atomic E-state index is 0.230. The minimum atomic E-state index is -0.464. The van der Waals surface area contributed by atoms with Crippen LogP contribution in [0.5, 0.6) is 0 Å². The monoisotopic (exact) mass is 484 g/mol. The molecule has 8 heteroatoms. The molecule has 35 heavy (non-hydrogen) atoms. The number of aryl methyl sites for hydroxylation is 1. The molecule has 0 saturated carbocycles. The van der Waals surface area contributed by atoms with Gasteiger partial charge in [0.15, 0.2) is 11.0 Å². The molecule has 0 unspecified atom stereocenters. The number of hydrogen-bond acceptors (Lipinski definition) is 7. The van der Waals surface area contributed by atoms with Gasteiger partial charge in [-0.05, 0) is 49.2 Å². The summed E-state index contributed by atoms with van der Waals surface area (Å²) < 4.78 is 13.2. The Morgan fingerprint density at radius 1 is 1.00 bits per heavy atom. The molecule has 2 aromatic carbocycles. The molecule has 0 aliphatic carbocycles. The molecule has 0 radical (unpaired) electrons. The first-order chi connectivity index (χ1) is 17.2. The fourth-order valence-corrected chi connectivity index (χ4v) is 4.88. The number of carbonyl (C=O) groups excluding carboxylic acids is 1. The second kappa shape index (κ2) is 10.1. The van der Waals surface area contributed by atoms with Crippen molar-refractivity contribution in [3.8, 4) is 17.1 Å². The summed E-state index contributed by atoms with van der Waals surface area (Å²) in [5, 5.41) is 10.6. The molecule has 0 fully saturated rings. The van der Waals surface area contributed by atoms with Gasteiger partial charge in [-0.3, -0.25) is 9.55 Å². The van der Waals surface area contributed by atoms with E-state index in [0.29, 0.717) is 16.5 Å². The van der Waals surface area contributed by atoms with E-state index in [1.807, 2.05) is 41.0 Å². The first-order valence-electron chi connectivity index (χ1n) is 11.4. The van der Waals surface area contributed by atoms with Crippen LogP contribution in [0.4, 0.5) is 0 Å². The maximum Gasteiger partial charge on any atom is 0.374 e. The zero-order chi connectivity index (χ0) is 24.2. The van der Waals surface area contributed by atoms with Gasteiger partial charge in [0.25, 0.3) is 0 Å². The van der Waals surface area contributed by atoms with Gasteiger partial charge in [-0.15, -0.1) is 10.2 Å². The van der Waals surface area contributed by atoms with E-state index in [1.165, 1.54) is 17.3 Å². The van der Waals surface area contributed by atoms with E-state index in [-0.39, 0.29) is 12.4 Å². The lowest BCUT2D eigenvalue weighted by molar-refractivity contribution is 0.0491. The molecule has 0 amide bonds. The van der Waals surface area contributed by atoms with Crippen LogP contribution in [0.25, 0.3) is 28.0 Å². The third-order valence-corrected chi connectivity index (χ3v) is 6.63. The van der Waals surface area contributed by atoms with Crippen LogP contribution in [0.2, 0.25) is 0 Å². The summed E-state index contributed by atoms with van der Waals surface area (Å²) in [6, 6.07) is 19.8. The van der Waals surface area contributed by atoms with Crippen molar-refractivity contribution in [3.05, 3.63) is 89.9 Å². The predicted molar refractivity (Wildman–Crippen MR) is 136 cm³/mol. The molecule has 176 valence electrons. The van der Waals surface area contributed by atoms with Crippen molar-refractivity contribution in [2.75, 3.05) is 6.61 Å². The van der Waals surface area contributed by atoms with Crippen LogP contribution in [-0.4, -0.2) is 32.3 Å². The van der Waals surface area contributed by atoms with E-state index in [4.69, 9.17) is 9.15 Å². The first-order valence-corrected chi connectivity index (χ1v) is 12.4. The quantitative estimate of drug-likeness (QED) is 0.194. The number of thioether (sulfide) groups is 1. The van der Waals surface area contributed by atoms with Crippen molar-refractivity contribution in [2.45, 2.75) is 31.2 Å². The molecule has 3 heterocycles. The highest BCUT2D eigenvalue weighted by atomic mass is 32.2. The SMILES string of the molecule is CCOC(=O)c1oc2ccccc2c1CSc1nnc(-c2ccncc2)n1-c1ccc(CC)cc1. The van der Waals surface area contributed by atoms with Crippen molar-refractivity contribution >= 4 is 28.7 Å². The Labute approximate surface area is 207 Å². The minimum Gasteiger partial charge on any atom is -0.460 e. The highest BCUT2D eigenvalue weighted by Gasteiger charge is 2.23. The van der Waals surface area contributed by atoms with E-state index in [0.717, 1.165) is 34.4 Å². The smallest absolute Gasteiger partial charge is 0.374 e. The number of aromatic nitrogens is 4. The number of pyridine rings is 1. The summed E-state index contributed by atoms with van der Waals surface area (Å²) in [6.45, 7) is 4.19. The van der Waals surface area contributed by atoms with Crippen LogP contribution in [0.3, 0.4) is 0 Å². The molecule has 0 bridgehead atoms. The number of carbonyl (C=O) groups is 1. The van der Waals surface area contributed by atoms with Gasteiger partial charge in [0, 0.05) is 40.3 Å². The van der Waals surface area contributed by atoms with Gasteiger partial charge in [0.05, 0.1) is 6.61 Å². The first kappa shape index (κ1) is 22.9. The predicted octanol–water partition coefficient (Wildman–Crippen LogP) is 6.11. The van der Waals surface area contributed by atoms with E-state index in [1.54, 1.807) is 19.3 Å². The fraction of sp³-hybridized carbons (Fsp3) is 0.185. The lowest BCUT2D eigenvalue weighted by Crippen LogP contribution is -2.06. The van der Waals surface area contributed by atoms with E-state index >= 15 is 0 Å². The van der Waals surface area contributed by atoms with Gasteiger partial charge in [-0.1, -0.05) is 49.0 Å². The van der Waals surface area contributed by atoms with E-state index in [9.17, 15) is 4.79 Å². The number of nitrogens with zero attached hydrogens (tertiary/aromatic N) is 4. The molecule has 0 atom stereocenters. The van der Waals surface area contributed by atoms with Crippen molar-refractivity contribution in [2.24, 2.45) is 0 Å². The molecule has 0 saturated heterocycles. The van der Waals surface area contributed by atoms with Crippen LogP contribution in [-0.2, 0) is 16.9 Å². The molecule has 5 aromatic rings. The van der Waals surface area contributed by atoms with Crippen LogP contribution in [0, 0.1) is 0 Å². The Kier molecular flexibility index (Phi) is 6.63. The average Bonchev–Trinajstić information content (AvgIpc) is 3.50. The number of para-hydroxylation sites is 1. The Morgan fingerprint density at radius 3 is 2.51 bits per heavy atom. The molecule has 0 aliphatic rings. The highest BCUT2D eigenvalue weighted by Crippen LogP contribution is 2.34. The molecule has 0 N–H and O–H groups in total. The summed E-state index contributed by atoms with van der Waals surface area (Å²) in [7, 11) is 0. The van der Waals surface area contributed by atoms with E-state index in [2.05, 4.69) is 46.4 Å². The van der Waals surface area contributed by atoms with Crippen molar-refractivity contribution < 1.29 is 13.9 Å². The maximum atomic E-state index is 12.6. The molecule has 5 rings (SSSR count). The van der Waals surface area contributed by atoms with Crippen molar-refractivity contribution in [3.63, 3.8) is 0 Å². The normalized spacial score (nSPS) is 11.1. The number of furan rings is 1. The number of rotatable bonds is 8. The second-order valence-electron chi connectivity index (χ2n) is 7.81. The zero-order valence-corrected chi connectivity index (χ0v) is 20.3. The summed E-state index contributed by atoms with van der Waals surface area (Å²) >= 11 is 1.50. The molecule has 7 nitrogen and oxygen atoms in total. The number of benzene rings is 2. The van der Waals surface area contributed by atoms with Gasteiger partial charge in [-0.25, -0.2) is 4.79 Å². The molecule has 0 spiro atoms. The third-order valence-electron chi connectivity index (χ3n) is 5.68.